The first kappa shape index (κ1) is 18.7. The van der Waals surface area contributed by atoms with Crippen LogP contribution in [0.3, 0.4) is 0 Å². The van der Waals surface area contributed by atoms with Gasteiger partial charge in [-0.3, -0.25) is 0 Å². The van der Waals surface area contributed by atoms with Crippen LogP contribution in [0.15, 0.2) is 12.1 Å². The number of unbranched alkanes of at least 4 members (excludes halogenated alkanes) is 3. The van der Waals surface area contributed by atoms with E-state index in [1.165, 1.54) is 41.9 Å². The minimum absolute atomic E-state index is 0.174. The molecule has 3 heteroatoms. The zero-order valence-electron chi connectivity index (χ0n) is 14.5. The molecule has 0 aliphatic rings. The summed E-state index contributed by atoms with van der Waals surface area (Å²) in [4.78, 5) is 2.72. The summed E-state index contributed by atoms with van der Waals surface area (Å²) in [6.07, 6.45) is 6.84. The molecule has 0 aliphatic carbocycles. The Morgan fingerprint density at radius 1 is 1.14 bits per heavy atom. The molecule has 0 spiro atoms. The summed E-state index contributed by atoms with van der Waals surface area (Å²) >= 11 is 1.86. The number of hydrogen-bond acceptors (Lipinski definition) is 3. The zero-order chi connectivity index (χ0) is 15.7. The maximum absolute atomic E-state index is 5.96. The van der Waals surface area contributed by atoms with Crippen molar-refractivity contribution in [2.75, 3.05) is 0 Å². The third kappa shape index (κ3) is 9.28. The van der Waals surface area contributed by atoms with Crippen molar-refractivity contribution in [1.29, 1.82) is 0 Å². The quantitative estimate of drug-likeness (QED) is 0.575. The predicted molar refractivity (Wildman–Crippen MR) is 93.9 cm³/mol. The van der Waals surface area contributed by atoms with Crippen LogP contribution in [0, 0.1) is 0 Å². The van der Waals surface area contributed by atoms with E-state index in [-0.39, 0.29) is 5.54 Å². The van der Waals surface area contributed by atoms with Crippen molar-refractivity contribution in [2.24, 2.45) is 0 Å². The molecule has 1 atom stereocenters. The molecule has 1 N–H and O–H groups in total. The fourth-order valence-corrected chi connectivity index (χ4v) is 2.99. The van der Waals surface area contributed by atoms with Crippen LogP contribution in [0.4, 0.5) is 0 Å². The van der Waals surface area contributed by atoms with E-state index in [4.69, 9.17) is 4.74 Å². The van der Waals surface area contributed by atoms with Gasteiger partial charge in [0.15, 0.2) is 0 Å². The van der Waals surface area contributed by atoms with Crippen LogP contribution in [0.5, 0.6) is 0 Å². The first-order chi connectivity index (χ1) is 9.90. The molecule has 0 aliphatic heterocycles. The summed E-state index contributed by atoms with van der Waals surface area (Å²) in [7, 11) is 0. The lowest BCUT2D eigenvalue weighted by Crippen LogP contribution is -2.34. The third-order valence-corrected chi connectivity index (χ3v) is 4.54. The van der Waals surface area contributed by atoms with Crippen molar-refractivity contribution < 1.29 is 4.74 Å². The molecule has 0 aromatic carbocycles. The molecule has 0 fully saturated rings. The number of thiophene rings is 1. The van der Waals surface area contributed by atoms with E-state index < -0.39 is 0 Å². The van der Waals surface area contributed by atoms with E-state index in [0.29, 0.717) is 6.10 Å². The van der Waals surface area contributed by atoms with Crippen LogP contribution in [-0.2, 0) is 17.9 Å². The van der Waals surface area contributed by atoms with Gasteiger partial charge in [0, 0.05) is 21.8 Å². The Bertz CT molecular complexity index is 381. The van der Waals surface area contributed by atoms with Gasteiger partial charge in [0.05, 0.1) is 12.7 Å². The summed E-state index contributed by atoms with van der Waals surface area (Å²) in [6.45, 7) is 12.8. The average Bonchev–Trinajstić information content (AvgIpc) is 2.86. The lowest BCUT2D eigenvalue weighted by Gasteiger charge is -2.19. The summed E-state index contributed by atoms with van der Waals surface area (Å²) in [5, 5.41) is 3.53. The third-order valence-electron chi connectivity index (χ3n) is 3.48. The summed E-state index contributed by atoms with van der Waals surface area (Å²) in [6, 6.07) is 4.42. The first-order valence-corrected chi connectivity index (χ1v) is 9.16. The van der Waals surface area contributed by atoms with Crippen molar-refractivity contribution in [2.45, 2.75) is 91.5 Å². The molecule has 0 saturated heterocycles. The monoisotopic (exact) mass is 311 g/mol. The second kappa shape index (κ2) is 9.60. The standard InChI is InChI=1S/C18H33NOS/c1-6-7-8-9-10-15(2)20-14-17-12-11-16(21-17)13-19-18(3,4)5/h11-12,15,19H,6-10,13-14H2,1-5H3. The van der Waals surface area contributed by atoms with E-state index in [1.54, 1.807) is 0 Å². The Hall–Kier alpha value is -0.380. The Balaban J connectivity index is 2.22. The fourth-order valence-electron chi connectivity index (χ4n) is 2.11. The second-order valence-corrected chi connectivity index (χ2v) is 8.20. The lowest BCUT2D eigenvalue weighted by atomic mass is 10.1. The number of ether oxygens (including phenoxy) is 1. The normalized spacial score (nSPS) is 13.6. The number of hydrogen-bond donors (Lipinski definition) is 1. The zero-order valence-corrected chi connectivity index (χ0v) is 15.3. The van der Waals surface area contributed by atoms with Gasteiger partial charge in [0.2, 0.25) is 0 Å². The molecule has 2 nitrogen and oxygen atoms in total. The van der Waals surface area contributed by atoms with E-state index >= 15 is 0 Å². The predicted octanol–water partition coefficient (Wildman–Crippen LogP) is 5.51. The Kier molecular flexibility index (Phi) is 8.53. The molecule has 0 radical (unpaired) electrons. The second-order valence-electron chi connectivity index (χ2n) is 6.94. The molecule has 122 valence electrons. The van der Waals surface area contributed by atoms with Crippen LogP contribution in [0.1, 0.15) is 76.5 Å². The van der Waals surface area contributed by atoms with E-state index in [0.717, 1.165) is 13.2 Å². The molecule has 1 aromatic rings. The van der Waals surface area contributed by atoms with Crippen molar-refractivity contribution in [1.82, 2.24) is 5.32 Å². The van der Waals surface area contributed by atoms with Gasteiger partial charge in [-0.1, -0.05) is 32.6 Å². The molecule has 1 heterocycles. The summed E-state index contributed by atoms with van der Waals surface area (Å²) in [5.41, 5.74) is 0.174. The SMILES string of the molecule is CCCCCCC(C)OCc1ccc(CNC(C)(C)C)s1. The highest BCUT2D eigenvalue weighted by Gasteiger charge is 2.10. The maximum Gasteiger partial charge on any atom is 0.0813 e. The maximum atomic E-state index is 5.96. The fraction of sp³-hybridized carbons (Fsp3) is 0.778. The van der Waals surface area contributed by atoms with Gasteiger partial charge in [-0.15, -0.1) is 11.3 Å². The van der Waals surface area contributed by atoms with Crippen molar-refractivity contribution in [3.8, 4) is 0 Å². The molecule has 0 amide bonds. The molecule has 1 unspecified atom stereocenters. The molecule has 0 bridgehead atoms. The highest BCUT2D eigenvalue weighted by molar-refractivity contribution is 7.11. The van der Waals surface area contributed by atoms with Crippen LogP contribution in [0.2, 0.25) is 0 Å². The van der Waals surface area contributed by atoms with Gasteiger partial charge < -0.3 is 10.1 Å². The largest absolute Gasteiger partial charge is 0.373 e. The van der Waals surface area contributed by atoms with E-state index in [9.17, 15) is 0 Å². The molecule has 1 aromatic heterocycles. The van der Waals surface area contributed by atoms with Crippen LogP contribution < -0.4 is 5.32 Å². The first-order valence-electron chi connectivity index (χ1n) is 8.35. The highest BCUT2D eigenvalue weighted by Crippen LogP contribution is 2.19. The van der Waals surface area contributed by atoms with Gasteiger partial charge in [-0.25, -0.2) is 0 Å². The van der Waals surface area contributed by atoms with Gasteiger partial charge in [-0.2, -0.15) is 0 Å². The molecule has 21 heavy (non-hydrogen) atoms. The topological polar surface area (TPSA) is 21.3 Å². The molecular weight excluding hydrogens is 278 g/mol. The van der Waals surface area contributed by atoms with E-state index in [2.05, 4.69) is 52.1 Å². The Morgan fingerprint density at radius 2 is 1.86 bits per heavy atom. The van der Waals surface area contributed by atoms with E-state index in [1.807, 2.05) is 11.3 Å². The van der Waals surface area contributed by atoms with Gasteiger partial charge in [-0.05, 0) is 46.2 Å². The smallest absolute Gasteiger partial charge is 0.0813 e. The molecule has 1 rings (SSSR count). The lowest BCUT2D eigenvalue weighted by molar-refractivity contribution is 0.0475. The average molecular weight is 312 g/mol. The van der Waals surface area contributed by atoms with Gasteiger partial charge >= 0.3 is 0 Å². The van der Waals surface area contributed by atoms with Crippen molar-refractivity contribution in [3.63, 3.8) is 0 Å². The summed E-state index contributed by atoms with van der Waals surface area (Å²) < 4.78 is 5.96. The number of nitrogens with one attached hydrogen (secondary N) is 1. The van der Waals surface area contributed by atoms with Crippen molar-refractivity contribution >= 4 is 11.3 Å². The number of rotatable bonds is 10. The van der Waals surface area contributed by atoms with Gasteiger partial charge in [0.25, 0.3) is 0 Å². The Morgan fingerprint density at radius 3 is 2.52 bits per heavy atom. The van der Waals surface area contributed by atoms with Crippen LogP contribution >= 0.6 is 11.3 Å². The Labute approximate surface area is 135 Å². The van der Waals surface area contributed by atoms with Crippen molar-refractivity contribution in [3.05, 3.63) is 21.9 Å². The molecular formula is C18H33NOS. The van der Waals surface area contributed by atoms with Crippen LogP contribution in [-0.4, -0.2) is 11.6 Å². The molecule has 0 saturated carbocycles. The highest BCUT2D eigenvalue weighted by atomic mass is 32.1. The van der Waals surface area contributed by atoms with Gasteiger partial charge in [0.1, 0.15) is 0 Å². The minimum atomic E-state index is 0.174. The summed E-state index contributed by atoms with van der Waals surface area (Å²) in [5.74, 6) is 0. The van der Waals surface area contributed by atoms with Crippen LogP contribution in [0.25, 0.3) is 0 Å². The minimum Gasteiger partial charge on any atom is -0.373 e.